The summed E-state index contributed by atoms with van der Waals surface area (Å²) in [6.45, 7) is 4.34. The Kier molecular flexibility index (Phi) is 5.12. The second-order valence-electron chi connectivity index (χ2n) is 7.09. The van der Waals surface area contributed by atoms with Gasteiger partial charge in [-0.1, -0.05) is 50.1 Å². The molecule has 0 heterocycles. The highest BCUT2D eigenvalue weighted by molar-refractivity contribution is 9.10. The minimum Gasteiger partial charge on any atom is -0.507 e. The van der Waals surface area contributed by atoms with Crippen LogP contribution in [0.2, 0.25) is 0 Å². The fraction of sp³-hybridized carbons (Fsp3) is 0.217. The lowest BCUT2D eigenvalue weighted by Gasteiger charge is -2.29. The number of hydrogen-bond donors (Lipinski definition) is 2. The number of phenols is 1. The molecule has 0 amide bonds. The van der Waals surface area contributed by atoms with Gasteiger partial charge in [-0.15, -0.1) is 0 Å². The Balaban J connectivity index is 1.98. The van der Waals surface area contributed by atoms with Gasteiger partial charge >= 0.3 is 0 Å². The van der Waals surface area contributed by atoms with Crippen molar-refractivity contribution in [1.82, 2.24) is 0 Å². The highest BCUT2D eigenvalue weighted by Gasteiger charge is 2.41. The highest BCUT2D eigenvalue weighted by Crippen LogP contribution is 2.54. The quantitative estimate of drug-likeness (QED) is 0.412. The van der Waals surface area contributed by atoms with Crippen LogP contribution < -0.4 is 0 Å². The van der Waals surface area contributed by atoms with Crippen LogP contribution in [-0.2, 0) is 10.2 Å². The van der Waals surface area contributed by atoms with Gasteiger partial charge in [0.05, 0.1) is 0 Å². The molecule has 4 rings (SSSR count). The third-order valence-corrected chi connectivity index (χ3v) is 6.51. The molecule has 0 saturated heterocycles. The number of rotatable bonds is 4. The molecule has 3 aromatic rings. The summed E-state index contributed by atoms with van der Waals surface area (Å²) in [6, 6.07) is 18.1. The summed E-state index contributed by atoms with van der Waals surface area (Å²) in [5.74, 6) is 0.0234. The fourth-order valence-electron chi connectivity index (χ4n) is 4.10. The van der Waals surface area contributed by atoms with Gasteiger partial charge in [0, 0.05) is 26.5 Å². The first-order valence-corrected chi connectivity index (χ1v) is 10.7. The van der Waals surface area contributed by atoms with E-state index < -0.39 is 11.7 Å². The molecule has 0 fully saturated rings. The van der Waals surface area contributed by atoms with Gasteiger partial charge in [0.1, 0.15) is 5.75 Å². The topological polar surface area (TPSA) is 49.7 Å². The molecule has 0 bridgehead atoms. The highest BCUT2D eigenvalue weighted by atomic mass is 79.9. The Hall–Kier alpha value is -1.66. The van der Waals surface area contributed by atoms with Crippen LogP contribution in [0.25, 0.3) is 11.1 Å². The molecule has 0 spiro atoms. The van der Waals surface area contributed by atoms with Crippen molar-refractivity contribution in [2.75, 3.05) is 6.61 Å². The summed E-state index contributed by atoms with van der Waals surface area (Å²) in [6.07, 6.45) is -1.17. The lowest BCUT2D eigenvalue weighted by atomic mass is 9.74. The predicted molar refractivity (Wildman–Crippen MR) is 118 cm³/mol. The van der Waals surface area contributed by atoms with Crippen molar-refractivity contribution in [2.24, 2.45) is 0 Å². The summed E-state index contributed by atoms with van der Waals surface area (Å²) in [4.78, 5) is 0. The maximum atomic E-state index is 10.3. The zero-order valence-electron chi connectivity index (χ0n) is 15.5. The first kappa shape index (κ1) is 19.6. The number of aromatic hydroxyl groups is 1. The maximum Gasteiger partial charge on any atom is 0.184 e. The molecule has 1 atom stereocenters. The number of ether oxygens (including phenoxy) is 1. The number of hydrogen-bond acceptors (Lipinski definition) is 3. The van der Waals surface area contributed by atoms with Gasteiger partial charge < -0.3 is 14.9 Å². The largest absolute Gasteiger partial charge is 0.507 e. The lowest BCUT2D eigenvalue weighted by Crippen LogP contribution is -2.23. The van der Waals surface area contributed by atoms with E-state index in [4.69, 9.17) is 4.74 Å². The monoisotopic (exact) mass is 502 g/mol. The van der Waals surface area contributed by atoms with E-state index >= 15 is 0 Å². The number of phenolic OH excluding ortho intramolecular Hbond substituents is 1. The molecule has 3 nitrogen and oxygen atoms in total. The summed E-state index contributed by atoms with van der Waals surface area (Å²) in [5, 5.41) is 20.6. The SMILES string of the molecule is CCOC(O)c1cc(C2(C)c3cc(Br)ccc3-c3ccc(Br)cc32)ccc1O. The Labute approximate surface area is 181 Å². The molecule has 5 heteroatoms. The van der Waals surface area contributed by atoms with E-state index in [1.807, 2.05) is 19.1 Å². The fourth-order valence-corrected chi connectivity index (χ4v) is 4.82. The van der Waals surface area contributed by atoms with Gasteiger partial charge in [0.25, 0.3) is 0 Å². The smallest absolute Gasteiger partial charge is 0.184 e. The van der Waals surface area contributed by atoms with E-state index in [1.165, 1.54) is 22.3 Å². The Bertz CT molecular complexity index is 1010. The summed E-state index contributed by atoms with van der Waals surface area (Å²) in [7, 11) is 0. The van der Waals surface area contributed by atoms with Crippen LogP contribution in [0.3, 0.4) is 0 Å². The Morgan fingerprint density at radius 3 is 2.04 bits per heavy atom. The second-order valence-corrected chi connectivity index (χ2v) is 8.92. The normalized spacial score (nSPS) is 15.2. The van der Waals surface area contributed by atoms with Gasteiger partial charge in [0.15, 0.2) is 6.29 Å². The predicted octanol–water partition coefficient (Wildman–Crippen LogP) is 6.28. The number of aliphatic hydroxyl groups is 1. The molecular formula is C23H20Br2O3. The van der Waals surface area contributed by atoms with Crippen molar-refractivity contribution in [3.05, 3.63) is 85.8 Å². The van der Waals surface area contributed by atoms with Gasteiger partial charge in [0.2, 0.25) is 0 Å². The Morgan fingerprint density at radius 2 is 1.50 bits per heavy atom. The number of aliphatic hydroxyl groups excluding tert-OH is 1. The molecule has 1 aliphatic carbocycles. The molecule has 0 radical (unpaired) electrons. The van der Waals surface area contributed by atoms with Crippen LogP contribution in [-0.4, -0.2) is 16.8 Å². The maximum absolute atomic E-state index is 10.3. The van der Waals surface area contributed by atoms with Gasteiger partial charge in [-0.05, 0) is 78.1 Å². The molecular weight excluding hydrogens is 484 g/mol. The van der Waals surface area contributed by atoms with Crippen molar-refractivity contribution in [3.63, 3.8) is 0 Å². The van der Waals surface area contributed by atoms with Crippen molar-refractivity contribution in [1.29, 1.82) is 0 Å². The average molecular weight is 504 g/mol. The van der Waals surface area contributed by atoms with Crippen LogP contribution in [0.15, 0.2) is 63.5 Å². The standard InChI is InChI=1S/C23H20Br2O3/c1-3-28-22(27)18-10-13(4-9-21(18)26)23(2)19-11-14(24)5-7-16(19)17-8-6-15(25)12-20(17)23/h4-12,22,26-27H,3H2,1-2H3. The first-order chi connectivity index (χ1) is 13.4. The number of halogens is 2. The van der Waals surface area contributed by atoms with Crippen molar-refractivity contribution in [3.8, 4) is 16.9 Å². The molecule has 1 unspecified atom stereocenters. The molecule has 0 aliphatic heterocycles. The molecule has 2 N–H and O–H groups in total. The van der Waals surface area contributed by atoms with E-state index in [1.54, 1.807) is 6.07 Å². The Morgan fingerprint density at radius 1 is 0.929 bits per heavy atom. The zero-order valence-corrected chi connectivity index (χ0v) is 18.7. The summed E-state index contributed by atoms with van der Waals surface area (Å²) in [5.41, 5.74) is 5.65. The van der Waals surface area contributed by atoms with Crippen LogP contribution in [0, 0.1) is 0 Å². The molecule has 0 aromatic heterocycles. The van der Waals surface area contributed by atoms with Crippen LogP contribution in [0.5, 0.6) is 5.75 Å². The van der Waals surface area contributed by atoms with Gasteiger partial charge in [-0.2, -0.15) is 0 Å². The van der Waals surface area contributed by atoms with Gasteiger partial charge in [-0.25, -0.2) is 0 Å². The molecule has 1 aliphatic rings. The molecule has 0 saturated carbocycles. The summed E-state index contributed by atoms with van der Waals surface area (Å²) < 4.78 is 7.34. The van der Waals surface area contributed by atoms with Crippen LogP contribution in [0.4, 0.5) is 0 Å². The number of benzene rings is 3. The molecule has 3 aromatic carbocycles. The lowest BCUT2D eigenvalue weighted by molar-refractivity contribution is -0.0990. The van der Waals surface area contributed by atoms with E-state index in [-0.39, 0.29) is 5.75 Å². The summed E-state index contributed by atoms with van der Waals surface area (Å²) >= 11 is 7.22. The van der Waals surface area contributed by atoms with E-state index in [2.05, 4.69) is 75.2 Å². The third kappa shape index (κ3) is 3.01. The molecule has 28 heavy (non-hydrogen) atoms. The number of fused-ring (bicyclic) bond motifs is 3. The third-order valence-electron chi connectivity index (χ3n) is 5.53. The van der Waals surface area contributed by atoms with Gasteiger partial charge in [-0.3, -0.25) is 0 Å². The van der Waals surface area contributed by atoms with Crippen molar-refractivity contribution in [2.45, 2.75) is 25.6 Å². The molecule has 144 valence electrons. The van der Waals surface area contributed by atoms with Crippen LogP contribution >= 0.6 is 31.9 Å². The minimum absolute atomic E-state index is 0.0234. The minimum atomic E-state index is -1.17. The van der Waals surface area contributed by atoms with Crippen molar-refractivity contribution >= 4 is 31.9 Å². The van der Waals surface area contributed by atoms with Crippen LogP contribution in [0.1, 0.15) is 42.4 Å². The van der Waals surface area contributed by atoms with E-state index in [0.717, 1.165) is 14.5 Å². The zero-order chi connectivity index (χ0) is 20.1. The average Bonchev–Trinajstić information content (AvgIpc) is 2.91. The second kappa shape index (κ2) is 7.30. The van der Waals surface area contributed by atoms with E-state index in [9.17, 15) is 10.2 Å². The first-order valence-electron chi connectivity index (χ1n) is 9.09. The van der Waals surface area contributed by atoms with E-state index in [0.29, 0.717) is 12.2 Å². The van der Waals surface area contributed by atoms with Crippen molar-refractivity contribution < 1.29 is 14.9 Å².